The Morgan fingerprint density at radius 2 is 2.03 bits per heavy atom. The lowest BCUT2D eigenvalue weighted by Crippen LogP contribution is -2.63. The highest BCUT2D eigenvalue weighted by Crippen LogP contribution is 2.50. The lowest BCUT2D eigenvalue weighted by molar-refractivity contribution is -0.163. The van der Waals surface area contributed by atoms with Crippen molar-refractivity contribution in [1.82, 2.24) is 14.7 Å². The molecule has 3 saturated heterocycles. The molecule has 6 atom stereocenters. The Kier molecular flexibility index (Phi) is 5.43. The van der Waals surface area contributed by atoms with Crippen LogP contribution in [-0.2, 0) is 14.4 Å². The number of hydrogen-bond acceptors (Lipinski definition) is 6. The summed E-state index contributed by atoms with van der Waals surface area (Å²) in [5, 5.41) is 19.7. The number of carboxylic acid groups (broad SMARTS) is 1. The summed E-state index contributed by atoms with van der Waals surface area (Å²) >= 11 is 1.43. The fourth-order valence-corrected chi connectivity index (χ4v) is 7.10. The van der Waals surface area contributed by atoms with Crippen LogP contribution in [0.1, 0.15) is 47.0 Å². The zero-order valence-corrected chi connectivity index (χ0v) is 18.8. The summed E-state index contributed by atoms with van der Waals surface area (Å²) in [5.74, 6) is -1.37. The average molecular weight is 438 g/mol. The highest BCUT2D eigenvalue weighted by molar-refractivity contribution is 8.03. The van der Waals surface area contributed by atoms with Gasteiger partial charge in [-0.1, -0.05) is 13.8 Å². The van der Waals surface area contributed by atoms with Crippen LogP contribution in [0.3, 0.4) is 0 Å². The number of aliphatic hydroxyl groups excluding tert-OH is 1. The molecule has 4 rings (SSSR count). The Bertz CT molecular complexity index is 814. The van der Waals surface area contributed by atoms with Gasteiger partial charge in [0.1, 0.15) is 5.70 Å². The van der Waals surface area contributed by atoms with Crippen LogP contribution in [0.2, 0.25) is 0 Å². The molecule has 9 heteroatoms. The molecule has 4 aliphatic rings. The number of aliphatic carboxylic acids is 1. The van der Waals surface area contributed by atoms with E-state index in [2.05, 4.69) is 18.7 Å². The zero-order chi connectivity index (χ0) is 22.0. The first kappa shape index (κ1) is 21.6. The smallest absolute Gasteiger partial charge is 0.353 e. The lowest BCUT2D eigenvalue weighted by atomic mass is 9.79. The third-order valence-corrected chi connectivity index (χ3v) is 8.82. The molecular weight excluding hydrogens is 406 g/mol. The SMILES string of the molecule is CCC1(C)N(CCSC2=C(C(=O)O)N3C(=O)[C@H]([C@@H](C)O)[C@H]3[C@H]2C)C(=O)[C@H]2CCCN21. The van der Waals surface area contributed by atoms with Crippen LogP contribution in [0.5, 0.6) is 0 Å². The molecule has 2 amide bonds. The van der Waals surface area contributed by atoms with Gasteiger partial charge >= 0.3 is 5.97 Å². The number of hydrogen-bond donors (Lipinski definition) is 2. The van der Waals surface area contributed by atoms with E-state index in [0.717, 1.165) is 25.8 Å². The number of rotatable bonds is 7. The highest BCUT2D eigenvalue weighted by atomic mass is 32.2. The molecule has 30 heavy (non-hydrogen) atoms. The second kappa shape index (κ2) is 7.53. The largest absolute Gasteiger partial charge is 0.477 e. The Morgan fingerprint density at radius 3 is 2.63 bits per heavy atom. The molecule has 166 valence electrons. The maximum atomic E-state index is 13.0. The van der Waals surface area contributed by atoms with Crippen molar-refractivity contribution in [3.63, 3.8) is 0 Å². The van der Waals surface area contributed by atoms with Crippen LogP contribution in [-0.4, -0.2) is 85.4 Å². The highest BCUT2D eigenvalue weighted by Gasteiger charge is 2.60. The van der Waals surface area contributed by atoms with Crippen LogP contribution in [0.4, 0.5) is 0 Å². The average Bonchev–Trinajstić information content (AvgIpc) is 3.31. The number of carbonyl (C=O) groups is 3. The molecule has 0 aliphatic carbocycles. The third-order valence-electron chi connectivity index (χ3n) is 7.56. The molecule has 1 unspecified atom stereocenters. The molecule has 4 heterocycles. The topological polar surface area (TPSA) is 101 Å². The molecule has 0 radical (unpaired) electrons. The predicted octanol–water partition coefficient (Wildman–Crippen LogP) is 1.31. The summed E-state index contributed by atoms with van der Waals surface area (Å²) in [6, 6.07) is -0.323. The first-order valence-corrected chi connectivity index (χ1v) is 11.8. The van der Waals surface area contributed by atoms with Gasteiger partial charge in [0.25, 0.3) is 0 Å². The Labute approximate surface area is 181 Å². The Balaban J connectivity index is 1.49. The van der Waals surface area contributed by atoms with Crippen LogP contribution < -0.4 is 0 Å². The van der Waals surface area contributed by atoms with E-state index in [1.54, 1.807) is 6.92 Å². The van der Waals surface area contributed by atoms with Crippen molar-refractivity contribution in [3.8, 4) is 0 Å². The number of carboxylic acids is 1. The van der Waals surface area contributed by atoms with Gasteiger partial charge in [0, 0.05) is 29.7 Å². The summed E-state index contributed by atoms with van der Waals surface area (Å²) < 4.78 is 0. The Hall–Kier alpha value is -1.58. The lowest BCUT2D eigenvalue weighted by Gasteiger charge is -2.46. The van der Waals surface area contributed by atoms with E-state index >= 15 is 0 Å². The fourth-order valence-electron chi connectivity index (χ4n) is 5.88. The van der Waals surface area contributed by atoms with Crippen LogP contribution >= 0.6 is 11.8 Å². The number of amides is 2. The van der Waals surface area contributed by atoms with E-state index in [9.17, 15) is 24.6 Å². The minimum atomic E-state index is -1.11. The first-order valence-electron chi connectivity index (χ1n) is 10.8. The van der Waals surface area contributed by atoms with Gasteiger partial charge in [-0.3, -0.25) is 14.5 Å². The molecule has 3 fully saturated rings. The van der Waals surface area contributed by atoms with Gasteiger partial charge in [0.2, 0.25) is 11.8 Å². The van der Waals surface area contributed by atoms with Gasteiger partial charge < -0.3 is 20.0 Å². The first-order chi connectivity index (χ1) is 14.1. The van der Waals surface area contributed by atoms with Crippen molar-refractivity contribution in [2.75, 3.05) is 18.8 Å². The quantitative estimate of drug-likeness (QED) is 0.579. The molecule has 2 N–H and O–H groups in total. The van der Waals surface area contributed by atoms with Crippen molar-refractivity contribution in [2.45, 2.75) is 70.8 Å². The molecule has 0 bridgehead atoms. The number of thioether (sulfide) groups is 1. The number of aliphatic hydroxyl groups is 1. The van der Waals surface area contributed by atoms with Gasteiger partial charge in [-0.05, 0) is 33.1 Å². The summed E-state index contributed by atoms with van der Waals surface area (Å²) in [7, 11) is 0. The van der Waals surface area contributed by atoms with Crippen LogP contribution in [0.25, 0.3) is 0 Å². The fraction of sp³-hybridized carbons (Fsp3) is 0.762. The second-order valence-corrected chi connectivity index (χ2v) is 10.2. The van der Waals surface area contributed by atoms with Crippen molar-refractivity contribution in [1.29, 1.82) is 0 Å². The third kappa shape index (κ3) is 2.85. The van der Waals surface area contributed by atoms with Crippen molar-refractivity contribution in [3.05, 3.63) is 10.6 Å². The summed E-state index contributed by atoms with van der Waals surface area (Å²) in [6.07, 6.45) is 2.00. The minimum Gasteiger partial charge on any atom is -0.477 e. The van der Waals surface area contributed by atoms with Gasteiger partial charge in [0.15, 0.2) is 0 Å². The van der Waals surface area contributed by atoms with Gasteiger partial charge in [-0.25, -0.2) is 4.79 Å². The molecular formula is C21H31N3O5S. The van der Waals surface area contributed by atoms with Gasteiger partial charge in [-0.2, -0.15) is 0 Å². The monoisotopic (exact) mass is 437 g/mol. The van der Waals surface area contributed by atoms with Gasteiger partial charge in [0.05, 0.1) is 29.8 Å². The standard InChI is InChI=1S/C21H31N3O5S/c1-5-21(4)22-8-6-7-13(22)18(26)23(21)9-10-30-17-11(2)15-14(12(3)25)19(27)24(15)16(17)20(28)29/h11-15,25H,5-10H2,1-4H3,(H,28,29)/t11-,12-,13-,14-,15-,21?/m1/s1. The molecule has 0 aromatic rings. The summed E-state index contributed by atoms with van der Waals surface area (Å²) in [5.41, 5.74) is -0.244. The van der Waals surface area contributed by atoms with Crippen molar-refractivity contribution >= 4 is 29.5 Å². The van der Waals surface area contributed by atoms with E-state index in [0.29, 0.717) is 17.2 Å². The normalized spacial score (nSPS) is 37.0. The van der Waals surface area contributed by atoms with Crippen molar-refractivity contribution in [2.24, 2.45) is 11.8 Å². The van der Waals surface area contributed by atoms with Crippen LogP contribution in [0, 0.1) is 11.8 Å². The number of carbonyl (C=O) groups excluding carboxylic acids is 2. The second-order valence-electron chi connectivity index (χ2n) is 9.03. The zero-order valence-electron chi connectivity index (χ0n) is 18.0. The number of nitrogens with zero attached hydrogens (tertiary/aromatic N) is 3. The summed E-state index contributed by atoms with van der Waals surface area (Å²) in [4.78, 5) is 43.7. The molecule has 0 aromatic heterocycles. The molecule has 0 spiro atoms. The van der Waals surface area contributed by atoms with E-state index in [4.69, 9.17) is 0 Å². The molecule has 8 nitrogen and oxygen atoms in total. The molecule has 0 aromatic carbocycles. The summed E-state index contributed by atoms with van der Waals surface area (Å²) in [6.45, 7) is 9.21. The molecule has 4 aliphatic heterocycles. The Morgan fingerprint density at radius 1 is 1.33 bits per heavy atom. The minimum absolute atomic E-state index is 0.0227. The predicted molar refractivity (Wildman–Crippen MR) is 112 cm³/mol. The van der Waals surface area contributed by atoms with E-state index in [1.807, 2.05) is 11.8 Å². The number of β-lactam (4-membered cyclic amide) rings is 1. The maximum Gasteiger partial charge on any atom is 0.353 e. The number of fused-ring (bicyclic) bond motifs is 2. The maximum absolute atomic E-state index is 13.0. The van der Waals surface area contributed by atoms with Gasteiger partial charge in [-0.15, -0.1) is 11.8 Å². The van der Waals surface area contributed by atoms with E-state index < -0.39 is 18.0 Å². The van der Waals surface area contributed by atoms with E-state index in [1.165, 1.54) is 16.7 Å². The van der Waals surface area contributed by atoms with Crippen LogP contribution in [0.15, 0.2) is 10.6 Å². The van der Waals surface area contributed by atoms with Crippen molar-refractivity contribution < 1.29 is 24.6 Å². The van der Waals surface area contributed by atoms with E-state index in [-0.39, 0.29) is 41.2 Å². The molecule has 0 saturated carbocycles.